The molecule has 226 valence electrons. The molecule has 2 aromatic carbocycles. The molecule has 41 heavy (non-hydrogen) atoms. The molecule has 2 aromatic rings. The topological polar surface area (TPSA) is 82.1 Å². The number of ether oxygens (including phenoxy) is 1. The molecule has 7 nitrogen and oxygen atoms in total. The number of carbonyl (C=O) groups excluding carboxylic acids is 2. The fourth-order valence-electron chi connectivity index (χ4n) is 4.91. The lowest BCUT2D eigenvalue weighted by molar-refractivity contribution is -0.144. The van der Waals surface area contributed by atoms with Gasteiger partial charge in [0.2, 0.25) is 5.91 Å². The number of hydrogen-bond acceptors (Lipinski definition) is 4. The molecule has 0 bridgehead atoms. The molecular formula is C28H33F6N3O4. The van der Waals surface area contributed by atoms with Gasteiger partial charge >= 0.3 is 18.4 Å². The Labute approximate surface area is 234 Å². The lowest BCUT2D eigenvalue weighted by Crippen LogP contribution is -2.49. The SMILES string of the molecule is CN(C(=O)C(C)(C)c1cc(C(F)(F)F)cc(C(F)(F)F)c1)[C@@H]1CN(C(=O)NCCOCCO)C[C@H]1c1ccccc1. The van der Waals surface area contributed by atoms with E-state index >= 15 is 0 Å². The van der Waals surface area contributed by atoms with Crippen LogP contribution < -0.4 is 5.32 Å². The smallest absolute Gasteiger partial charge is 0.394 e. The van der Waals surface area contributed by atoms with Crippen LogP contribution in [0.25, 0.3) is 0 Å². The second-order valence-corrected chi connectivity index (χ2v) is 10.4. The monoisotopic (exact) mass is 589 g/mol. The van der Waals surface area contributed by atoms with Crippen molar-refractivity contribution in [2.45, 2.75) is 43.6 Å². The molecule has 1 aliphatic heterocycles. The molecule has 0 saturated carbocycles. The van der Waals surface area contributed by atoms with Crippen molar-refractivity contribution < 1.29 is 45.8 Å². The molecule has 3 amide bonds. The maximum Gasteiger partial charge on any atom is 0.416 e. The van der Waals surface area contributed by atoms with Crippen LogP contribution in [0.2, 0.25) is 0 Å². The highest BCUT2D eigenvalue weighted by atomic mass is 19.4. The predicted octanol–water partition coefficient (Wildman–Crippen LogP) is 4.65. The summed E-state index contributed by atoms with van der Waals surface area (Å²) in [5, 5.41) is 11.5. The van der Waals surface area contributed by atoms with E-state index in [1.165, 1.54) is 30.7 Å². The van der Waals surface area contributed by atoms with Crippen molar-refractivity contribution in [3.05, 3.63) is 70.8 Å². The summed E-state index contributed by atoms with van der Waals surface area (Å²) in [4.78, 5) is 29.5. The summed E-state index contributed by atoms with van der Waals surface area (Å²) in [6, 6.07) is 9.17. The van der Waals surface area contributed by atoms with Crippen molar-refractivity contribution in [3.8, 4) is 0 Å². The van der Waals surface area contributed by atoms with Crippen LogP contribution in [-0.4, -0.2) is 79.4 Å². The summed E-state index contributed by atoms with van der Waals surface area (Å²) in [6.45, 7) is 3.18. The Hall–Kier alpha value is -3.32. The Kier molecular flexibility index (Phi) is 9.96. The number of nitrogens with zero attached hydrogens (tertiary/aromatic N) is 2. The number of likely N-dealkylation sites (tertiary alicyclic amines) is 1. The van der Waals surface area contributed by atoms with Gasteiger partial charge < -0.3 is 25.0 Å². The number of benzene rings is 2. The van der Waals surface area contributed by atoms with Crippen molar-refractivity contribution in [2.24, 2.45) is 0 Å². The number of alkyl halides is 6. The summed E-state index contributed by atoms with van der Waals surface area (Å²) in [5.74, 6) is -1.07. The maximum absolute atomic E-state index is 13.8. The third kappa shape index (κ3) is 7.70. The first-order valence-electron chi connectivity index (χ1n) is 12.9. The van der Waals surface area contributed by atoms with Gasteiger partial charge in [0.05, 0.1) is 42.4 Å². The summed E-state index contributed by atoms with van der Waals surface area (Å²) >= 11 is 0. The van der Waals surface area contributed by atoms with Gasteiger partial charge in [-0.2, -0.15) is 26.3 Å². The van der Waals surface area contributed by atoms with Crippen molar-refractivity contribution in [3.63, 3.8) is 0 Å². The standard InChI is InChI=1S/C28H33F6N3O4/c1-26(2,19-13-20(27(29,30)31)15-21(14-19)28(32,33)34)24(39)36(3)23-17-37(25(40)35-9-11-41-12-10-38)16-22(23)18-7-5-4-6-8-18/h4-8,13-15,22-23,38H,9-12,16-17H2,1-3H3,(H,35,40)/t22-,23+/m0/s1. The average Bonchev–Trinajstić information content (AvgIpc) is 3.37. The van der Waals surface area contributed by atoms with Crippen LogP contribution in [0.3, 0.4) is 0 Å². The van der Waals surface area contributed by atoms with E-state index in [1.54, 1.807) is 18.2 Å². The van der Waals surface area contributed by atoms with Crippen molar-refractivity contribution in [1.29, 1.82) is 0 Å². The van der Waals surface area contributed by atoms with Crippen LogP contribution in [0.15, 0.2) is 48.5 Å². The summed E-state index contributed by atoms with van der Waals surface area (Å²) < 4.78 is 86.2. The molecule has 13 heteroatoms. The van der Waals surface area contributed by atoms with Crippen LogP contribution in [0.4, 0.5) is 31.1 Å². The van der Waals surface area contributed by atoms with Crippen LogP contribution in [0, 0.1) is 0 Å². The van der Waals surface area contributed by atoms with E-state index in [-0.39, 0.29) is 51.4 Å². The summed E-state index contributed by atoms with van der Waals surface area (Å²) in [6.07, 6.45) is -10.1. The van der Waals surface area contributed by atoms with Crippen LogP contribution >= 0.6 is 0 Å². The number of urea groups is 1. The Bertz CT molecular complexity index is 1170. The van der Waals surface area contributed by atoms with Crippen LogP contribution in [-0.2, 0) is 27.3 Å². The summed E-state index contributed by atoms with van der Waals surface area (Å²) in [7, 11) is 1.44. The van der Waals surface area contributed by atoms with Gasteiger partial charge in [-0.15, -0.1) is 0 Å². The molecule has 1 aliphatic rings. The van der Waals surface area contributed by atoms with Crippen molar-refractivity contribution >= 4 is 11.9 Å². The molecule has 2 N–H and O–H groups in total. The Morgan fingerprint density at radius 3 is 2.05 bits per heavy atom. The molecule has 1 heterocycles. The maximum atomic E-state index is 13.8. The zero-order valence-electron chi connectivity index (χ0n) is 22.9. The molecule has 1 fully saturated rings. The fourth-order valence-corrected chi connectivity index (χ4v) is 4.91. The molecular weight excluding hydrogens is 556 g/mol. The number of rotatable bonds is 9. The minimum Gasteiger partial charge on any atom is -0.394 e. The first-order valence-corrected chi connectivity index (χ1v) is 12.9. The molecule has 0 unspecified atom stereocenters. The number of amides is 3. The molecule has 2 atom stereocenters. The highest BCUT2D eigenvalue weighted by Crippen LogP contribution is 2.40. The minimum absolute atomic E-state index is 0.0293. The third-order valence-corrected chi connectivity index (χ3v) is 7.22. The number of aliphatic hydroxyl groups is 1. The predicted molar refractivity (Wildman–Crippen MR) is 138 cm³/mol. The number of halogens is 6. The second-order valence-electron chi connectivity index (χ2n) is 10.4. The van der Waals surface area contributed by atoms with Gasteiger partial charge in [0.15, 0.2) is 0 Å². The van der Waals surface area contributed by atoms with Gasteiger partial charge in [0.25, 0.3) is 0 Å². The van der Waals surface area contributed by atoms with Gasteiger partial charge in [0.1, 0.15) is 0 Å². The normalized spacial score (nSPS) is 18.0. The molecule has 0 radical (unpaired) electrons. The van der Waals surface area contributed by atoms with E-state index in [0.29, 0.717) is 12.1 Å². The number of likely N-dealkylation sites (N-methyl/N-ethyl adjacent to an activating group) is 1. The van der Waals surface area contributed by atoms with E-state index in [9.17, 15) is 35.9 Å². The number of carbonyl (C=O) groups is 2. The quantitative estimate of drug-likeness (QED) is 0.330. The fraction of sp³-hybridized carbons (Fsp3) is 0.500. The zero-order chi connectivity index (χ0) is 30.6. The highest BCUT2D eigenvalue weighted by Gasteiger charge is 2.45. The number of hydrogen-bond donors (Lipinski definition) is 2. The average molecular weight is 590 g/mol. The number of nitrogens with one attached hydrogen (secondary N) is 1. The van der Waals surface area contributed by atoms with Gasteiger partial charge in [-0.3, -0.25) is 4.79 Å². The van der Waals surface area contributed by atoms with E-state index < -0.39 is 52.4 Å². The Morgan fingerprint density at radius 2 is 1.51 bits per heavy atom. The molecule has 1 saturated heterocycles. The second kappa shape index (κ2) is 12.7. The van der Waals surface area contributed by atoms with Gasteiger partial charge in [0, 0.05) is 32.6 Å². The van der Waals surface area contributed by atoms with Gasteiger partial charge in [-0.05, 0) is 43.2 Å². The first-order chi connectivity index (χ1) is 19.1. The van der Waals surface area contributed by atoms with E-state index in [1.807, 2.05) is 12.1 Å². The van der Waals surface area contributed by atoms with E-state index in [4.69, 9.17) is 9.84 Å². The zero-order valence-corrected chi connectivity index (χ0v) is 22.9. The van der Waals surface area contributed by atoms with Crippen molar-refractivity contribution in [1.82, 2.24) is 15.1 Å². The minimum atomic E-state index is -5.05. The van der Waals surface area contributed by atoms with Gasteiger partial charge in [-0.25, -0.2) is 4.79 Å². The van der Waals surface area contributed by atoms with E-state index in [2.05, 4.69) is 5.32 Å². The van der Waals surface area contributed by atoms with Crippen molar-refractivity contribution in [2.75, 3.05) is 46.5 Å². The molecule has 0 aromatic heterocycles. The van der Waals surface area contributed by atoms with E-state index in [0.717, 1.165) is 5.56 Å². The molecule has 3 rings (SSSR count). The van der Waals surface area contributed by atoms with Crippen LogP contribution in [0.5, 0.6) is 0 Å². The highest BCUT2D eigenvalue weighted by molar-refractivity contribution is 5.88. The molecule has 0 aliphatic carbocycles. The van der Waals surface area contributed by atoms with Crippen LogP contribution in [0.1, 0.15) is 42.0 Å². The third-order valence-electron chi connectivity index (χ3n) is 7.22. The lowest BCUT2D eigenvalue weighted by atomic mass is 9.80. The summed E-state index contributed by atoms with van der Waals surface area (Å²) in [5.41, 5.74) is -4.38. The first kappa shape index (κ1) is 32.2. The Morgan fingerprint density at radius 1 is 0.951 bits per heavy atom. The Balaban J connectivity index is 1.90. The largest absolute Gasteiger partial charge is 0.416 e. The number of aliphatic hydroxyl groups excluding tert-OH is 1. The van der Waals surface area contributed by atoms with Gasteiger partial charge in [-0.1, -0.05) is 30.3 Å². The molecule has 0 spiro atoms. The lowest BCUT2D eigenvalue weighted by Gasteiger charge is -2.36.